The van der Waals surface area contributed by atoms with Gasteiger partial charge in [0.2, 0.25) is 0 Å². The highest BCUT2D eigenvalue weighted by Gasteiger charge is 2.22. The molecule has 4 rings (SSSR count). The van der Waals surface area contributed by atoms with Crippen molar-refractivity contribution >= 4 is 17.0 Å². The van der Waals surface area contributed by atoms with Gasteiger partial charge in [-0.05, 0) is 37.6 Å². The maximum absolute atomic E-state index is 5.74. The molecule has 138 valence electrons. The molecule has 6 nitrogen and oxygen atoms in total. The quantitative estimate of drug-likeness (QED) is 0.482. The van der Waals surface area contributed by atoms with Crippen LogP contribution in [0.3, 0.4) is 0 Å². The molecule has 1 aliphatic heterocycles. The Morgan fingerprint density at radius 2 is 2.19 bits per heavy atom. The van der Waals surface area contributed by atoms with Crippen LogP contribution in [-0.2, 0) is 4.84 Å². The molecule has 0 spiro atoms. The minimum absolute atomic E-state index is 0.590. The smallest absolute Gasteiger partial charge is 0.147 e. The third kappa shape index (κ3) is 3.68. The molecule has 0 saturated carbocycles. The van der Waals surface area contributed by atoms with Gasteiger partial charge in [-0.2, -0.15) is 0 Å². The van der Waals surface area contributed by atoms with Crippen LogP contribution in [0.4, 0.5) is 0 Å². The molecule has 3 aromatic rings. The van der Waals surface area contributed by atoms with Crippen LogP contribution in [0.25, 0.3) is 21.1 Å². The van der Waals surface area contributed by atoms with Crippen LogP contribution in [0, 0.1) is 6.92 Å². The fourth-order valence-corrected chi connectivity index (χ4v) is 3.85. The van der Waals surface area contributed by atoms with Gasteiger partial charge in [-0.15, -0.1) is 11.3 Å². The predicted octanol–water partition coefficient (Wildman–Crippen LogP) is 4.49. The van der Waals surface area contributed by atoms with Crippen molar-refractivity contribution in [3.05, 3.63) is 48.0 Å². The molecule has 0 aromatic carbocycles. The monoisotopic (exact) mass is 380 g/mol. The summed E-state index contributed by atoms with van der Waals surface area (Å²) >= 11 is 1.61. The van der Waals surface area contributed by atoms with Gasteiger partial charge in [0, 0.05) is 24.4 Å². The number of fused-ring (bicyclic) bond motifs is 1. The second kappa shape index (κ2) is 7.84. The molecule has 0 N–H and O–H groups in total. The first-order valence-corrected chi connectivity index (χ1v) is 9.79. The van der Waals surface area contributed by atoms with Crippen molar-refractivity contribution in [3.8, 4) is 26.9 Å². The van der Waals surface area contributed by atoms with Crippen molar-refractivity contribution in [2.75, 3.05) is 13.2 Å². The largest absolute Gasteiger partial charge is 0.491 e. The molecule has 1 aliphatic rings. The topological polar surface area (TPSA) is 69.5 Å². The molecule has 0 aliphatic carbocycles. The summed E-state index contributed by atoms with van der Waals surface area (Å²) in [6.45, 7) is 5.25. The first-order chi connectivity index (χ1) is 13.3. The average molecular weight is 380 g/mol. The zero-order chi connectivity index (χ0) is 18.6. The number of hydrogen-bond acceptors (Lipinski definition) is 7. The van der Waals surface area contributed by atoms with Gasteiger partial charge >= 0.3 is 0 Å². The van der Waals surface area contributed by atoms with Crippen molar-refractivity contribution in [3.63, 3.8) is 0 Å². The molecule has 0 saturated heterocycles. The van der Waals surface area contributed by atoms with E-state index in [9.17, 15) is 0 Å². The van der Waals surface area contributed by atoms with Crippen molar-refractivity contribution in [1.82, 2.24) is 15.0 Å². The van der Waals surface area contributed by atoms with Gasteiger partial charge in [0.1, 0.15) is 28.8 Å². The predicted molar refractivity (Wildman–Crippen MR) is 106 cm³/mol. The number of thiazole rings is 1. The van der Waals surface area contributed by atoms with Gasteiger partial charge in [-0.1, -0.05) is 12.1 Å². The van der Waals surface area contributed by atoms with Crippen molar-refractivity contribution in [2.45, 2.75) is 26.7 Å². The van der Waals surface area contributed by atoms with E-state index in [1.165, 1.54) is 0 Å². The van der Waals surface area contributed by atoms with E-state index in [2.05, 4.69) is 17.1 Å². The summed E-state index contributed by atoms with van der Waals surface area (Å²) in [5, 5.41) is 5.21. The van der Waals surface area contributed by atoms with E-state index in [-0.39, 0.29) is 0 Å². The van der Waals surface area contributed by atoms with E-state index in [0.717, 1.165) is 50.4 Å². The van der Waals surface area contributed by atoms with Crippen LogP contribution in [0.5, 0.6) is 5.75 Å². The van der Waals surface area contributed by atoms with E-state index < -0.39 is 0 Å². The molecule has 0 radical (unpaired) electrons. The lowest BCUT2D eigenvalue weighted by Gasteiger charge is -2.18. The van der Waals surface area contributed by atoms with E-state index in [0.29, 0.717) is 19.6 Å². The second-order valence-electron chi connectivity index (χ2n) is 6.19. The third-order valence-corrected chi connectivity index (χ3v) is 5.36. The normalized spacial score (nSPS) is 14.7. The zero-order valence-electron chi connectivity index (χ0n) is 15.3. The second-order valence-corrected chi connectivity index (χ2v) is 7.19. The van der Waals surface area contributed by atoms with Crippen LogP contribution >= 0.6 is 11.3 Å². The minimum Gasteiger partial charge on any atom is -0.491 e. The number of oxime groups is 1. The van der Waals surface area contributed by atoms with E-state index in [4.69, 9.17) is 19.5 Å². The molecule has 0 fully saturated rings. The number of hydrogen-bond donors (Lipinski definition) is 0. The Morgan fingerprint density at radius 1 is 1.26 bits per heavy atom. The summed E-state index contributed by atoms with van der Waals surface area (Å²) < 4.78 is 5.74. The fourth-order valence-electron chi connectivity index (χ4n) is 2.82. The maximum atomic E-state index is 5.74. The Balaban J connectivity index is 1.71. The SMILES string of the molecule is CCCO/N=C1\CCOc2ccc(-c3sc(-c4cccnc4)nc3C)nc21. The van der Waals surface area contributed by atoms with Gasteiger partial charge < -0.3 is 9.57 Å². The van der Waals surface area contributed by atoms with Crippen LogP contribution in [0.15, 0.2) is 41.8 Å². The number of rotatable bonds is 5. The zero-order valence-corrected chi connectivity index (χ0v) is 16.1. The first kappa shape index (κ1) is 17.6. The molecule has 0 atom stereocenters. The van der Waals surface area contributed by atoms with Gasteiger partial charge in [0.15, 0.2) is 0 Å². The van der Waals surface area contributed by atoms with Crippen molar-refractivity contribution < 1.29 is 9.57 Å². The highest BCUT2D eigenvalue weighted by molar-refractivity contribution is 7.18. The maximum Gasteiger partial charge on any atom is 0.147 e. The first-order valence-electron chi connectivity index (χ1n) is 8.97. The Kier molecular flexibility index (Phi) is 5.11. The van der Waals surface area contributed by atoms with Crippen LogP contribution in [-0.4, -0.2) is 33.9 Å². The fraction of sp³-hybridized carbons (Fsp3) is 0.300. The number of aromatic nitrogens is 3. The molecule has 3 aromatic heterocycles. The average Bonchev–Trinajstić information content (AvgIpc) is 3.10. The number of ether oxygens (including phenoxy) is 1. The van der Waals surface area contributed by atoms with Crippen molar-refractivity contribution in [1.29, 1.82) is 0 Å². The van der Waals surface area contributed by atoms with Crippen LogP contribution in [0.1, 0.15) is 31.2 Å². The summed E-state index contributed by atoms with van der Waals surface area (Å²) in [5.74, 6) is 0.749. The van der Waals surface area contributed by atoms with E-state index >= 15 is 0 Å². The molecular weight excluding hydrogens is 360 g/mol. The highest BCUT2D eigenvalue weighted by Crippen LogP contribution is 2.36. The summed E-state index contributed by atoms with van der Waals surface area (Å²) in [6.07, 6.45) is 5.20. The summed E-state index contributed by atoms with van der Waals surface area (Å²) in [6, 6.07) is 7.86. The Hall–Kier alpha value is -2.80. The number of aryl methyl sites for hydroxylation is 1. The summed E-state index contributed by atoms with van der Waals surface area (Å²) in [5.41, 5.74) is 4.41. The number of nitrogens with zero attached hydrogens (tertiary/aromatic N) is 4. The molecule has 0 amide bonds. The molecular formula is C20H20N4O2S. The minimum atomic E-state index is 0.590. The molecule has 0 unspecified atom stereocenters. The Morgan fingerprint density at radius 3 is 3.00 bits per heavy atom. The molecule has 0 bridgehead atoms. The Labute approximate surface area is 161 Å². The van der Waals surface area contributed by atoms with Gasteiger partial charge in [-0.25, -0.2) is 9.97 Å². The number of pyridine rings is 2. The standard InChI is InChI=1S/C20H20N4O2S/c1-3-10-26-24-15-8-11-25-17-7-6-16(23-18(15)17)19-13(2)22-20(27-19)14-5-4-9-21-12-14/h4-7,9,12H,3,8,10-11H2,1-2H3/b24-15+. The van der Waals surface area contributed by atoms with Crippen molar-refractivity contribution in [2.24, 2.45) is 5.16 Å². The Bertz CT molecular complexity index is 969. The lowest BCUT2D eigenvalue weighted by atomic mass is 10.1. The highest BCUT2D eigenvalue weighted by atomic mass is 32.1. The third-order valence-electron chi connectivity index (χ3n) is 4.14. The van der Waals surface area contributed by atoms with Crippen LogP contribution in [0.2, 0.25) is 0 Å². The van der Waals surface area contributed by atoms with Gasteiger partial charge in [0.25, 0.3) is 0 Å². The van der Waals surface area contributed by atoms with Gasteiger partial charge in [0.05, 0.1) is 22.9 Å². The van der Waals surface area contributed by atoms with E-state index in [1.807, 2.05) is 37.4 Å². The van der Waals surface area contributed by atoms with Gasteiger partial charge in [-0.3, -0.25) is 4.98 Å². The lowest BCUT2D eigenvalue weighted by molar-refractivity contribution is 0.143. The lowest BCUT2D eigenvalue weighted by Crippen LogP contribution is -2.18. The molecule has 4 heterocycles. The summed E-state index contributed by atoms with van der Waals surface area (Å²) in [4.78, 5) is 20.1. The van der Waals surface area contributed by atoms with Crippen LogP contribution < -0.4 is 4.74 Å². The summed E-state index contributed by atoms with van der Waals surface area (Å²) in [7, 11) is 0. The molecule has 7 heteroatoms. The molecule has 27 heavy (non-hydrogen) atoms. The van der Waals surface area contributed by atoms with E-state index in [1.54, 1.807) is 17.5 Å².